The van der Waals surface area contributed by atoms with Gasteiger partial charge in [0.2, 0.25) is 0 Å². The first-order valence-electron chi connectivity index (χ1n) is 21.2. The Hall–Kier alpha value is -1.77. The lowest BCUT2D eigenvalue weighted by atomic mass is 10.1. The number of carbonyl (C=O) groups is 2. The Morgan fingerprint density at radius 3 is 1.53 bits per heavy atom. The van der Waals surface area contributed by atoms with E-state index in [1.165, 1.54) is 109 Å². The number of hydrogen-bond donors (Lipinski definition) is 0. The van der Waals surface area contributed by atoms with Crippen molar-refractivity contribution in [1.29, 1.82) is 0 Å². The third-order valence-electron chi connectivity index (χ3n) is 8.91. The van der Waals surface area contributed by atoms with E-state index in [2.05, 4.69) is 32.1 Å². The zero-order valence-corrected chi connectivity index (χ0v) is 35.6. The van der Waals surface area contributed by atoms with Gasteiger partial charge in [0.15, 0.2) is 6.10 Å². The first kappa shape index (κ1) is 51.2. The number of phosphoric acid groups is 1. The van der Waals surface area contributed by atoms with Crippen molar-refractivity contribution >= 4 is 19.8 Å². The van der Waals surface area contributed by atoms with Crippen molar-refractivity contribution in [3.63, 3.8) is 0 Å². The van der Waals surface area contributed by atoms with E-state index in [-0.39, 0.29) is 26.1 Å². The lowest BCUT2D eigenvalue weighted by Crippen LogP contribution is -2.37. The first-order valence-corrected chi connectivity index (χ1v) is 22.7. The SMILES string of the molecule is CCCCCCCCCC/C=C\C/C=C\CCC(=O)OC(COC(=O)CC/C=C\CCCCCCCCCCCC)COP(=O)([O-])OCC[N+](C)(C)C. The Labute approximate surface area is 325 Å². The van der Waals surface area contributed by atoms with Crippen LogP contribution < -0.4 is 4.89 Å². The normalized spacial score (nSPS) is 14.0. The molecule has 0 heterocycles. The molecule has 0 saturated carbocycles. The van der Waals surface area contributed by atoms with Crippen LogP contribution in [-0.4, -0.2) is 70.0 Å². The van der Waals surface area contributed by atoms with Crippen molar-refractivity contribution in [2.75, 3.05) is 47.5 Å². The number of phosphoric ester groups is 1. The molecule has 0 aromatic rings. The highest BCUT2D eigenvalue weighted by atomic mass is 31.2. The first-order chi connectivity index (χ1) is 25.5. The second-order valence-electron chi connectivity index (χ2n) is 15.3. The molecule has 0 amide bonds. The van der Waals surface area contributed by atoms with Gasteiger partial charge in [-0.05, 0) is 44.9 Å². The Balaban J connectivity index is 4.50. The van der Waals surface area contributed by atoms with E-state index in [4.69, 9.17) is 18.5 Å². The number of hydrogen-bond acceptors (Lipinski definition) is 8. The summed E-state index contributed by atoms with van der Waals surface area (Å²) in [6, 6.07) is 0. The van der Waals surface area contributed by atoms with E-state index in [0.717, 1.165) is 25.7 Å². The van der Waals surface area contributed by atoms with Crippen LogP contribution in [0, 0.1) is 0 Å². The van der Waals surface area contributed by atoms with Crippen LogP contribution in [0.5, 0.6) is 0 Å². The summed E-state index contributed by atoms with van der Waals surface area (Å²) >= 11 is 0. The van der Waals surface area contributed by atoms with Gasteiger partial charge in [-0.15, -0.1) is 0 Å². The van der Waals surface area contributed by atoms with Crippen LogP contribution in [0.15, 0.2) is 36.5 Å². The molecule has 0 saturated heterocycles. The molecular weight excluding hydrogens is 689 g/mol. The highest BCUT2D eigenvalue weighted by Gasteiger charge is 2.21. The van der Waals surface area contributed by atoms with Gasteiger partial charge in [-0.25, -0.2) is 0 Å². The lowest BCUT2D eigenvalue weighted by molar-refractivity contribution is -0.870. The molecular formula is C43H80NO8P. The monoisotopic (exact) mass is 770 g/mol. The van der Waals surface area contributed by atoms with E-state index in [1.807, 2.05) is 39.4 Å². The van der Waals surface area contributed by atoms with Crippen molar-refractivity contribution in [2.24, 2.45) is 0 Å². The Kier molecular flexibility index (Phi) is 34.7. The average Bonchev–Trinajstić information content (AvgIpc) is 3.10. The van der Waals surface area contributed by atoms with Crippen molar-refractivity contribution in [3.05, 3.63) is 36.5 Å². The van der Waals surface area contributed by atoms with Crippen LogP contribution in [-0.2, 0) is 32.7 Å². The minimum Gasteiger partial charge on any atom is -0.756 e. The molecule has 0 spiro atoms. The maximum Gasteiger partial charge on any atom is 0.306 e. The molecule has 10 heteroatoms. The molecule has 53 heavy (non-hydrogen) atoms. The highest BCUT2D eigenvalue weighted by Crippen LogP contribution is 2.38. The maximum atomic E-state index is 12.6. The predicted molar refractivity (Wildman–Crippen MR) is 217 cm³/mol. The summed E-state index contributed by atoms with van der Waals surface area (Å²) in [6.07, 6.45) is 39.2. The lowest BCUT2D eigenvalue weighted by Gasteiger charge is -2.28. The van der Waals surface area contributed by atoms with Gasteiger partial charge >= 0.3 is 11.9 Å². The van der Waals surface area contributed by atoms with E-state index in [9.17, 15) is 19.0 Å². The highest BCUT2D eigenvalue weighted by molar-refractivity contribution is 7.45. The Morgan fingerprint density at radius 2 is 1.02 bits per heavy atom. The topological polar surface area (TPSA) is 111 Å². The number of allylic oxidation sites excluding steroid dienone is 6. The van der Waals surface area contributed by atoms with Gasteiger partial charge in [0, 0.05) is 12.8 Å². The molecule has 0 aromatic carbocycles. The number of unbranched alkanes of at least 4 members (excludes halogenated alkanes) is 18. The minimum absolute atomic E-state index is 0.0445. The third kappa shape index (κ3) is 39.7. The van der Waals surface area contributed by atoms with Gasteiger partial charge in [0.05, 0.1) is 27.7 Å². The van der Waals surface area contributed by atoms with Crippen LogP contribution in [0.2, 0.25) is 0 Å². The van der Waals surface area contributed by atoms with Gasteiger partial charge in [-0.3, -0.25) is 14.2 Å². The summed E-state index contributed by atoms with van der Waals surface area (Å²) in [7, 11) is 1.12. The Bertz CT molecular complexity index is 1010. The number of rotatable bonds is 38. The maximum absolute atomic E-state index is 12.6. The summed E-state index contributed by atoms with van der Waals surface area (Å²) in [4.78, 5) is 37.4. The van der Waals surface area contributed by atoms with Crippen molar-refractivity contribution < 1.29 is 42.1 Å². The summed E-state index contributed by atoms with van der Waals surface area (Å²) < 4.78 is 33.7. The third-order valence-corrected chi connectivity index (χ3v) is 9.87. The van der Waals surface area contributed by atoms with E-state index in [0.29, 0.717) is 23.9 Å². The molecule has 0 N–H and O–H groups in total. The van der Waals surface area contributed by atoms with Crippen LogP contribution in [0.1, 0.15) is 174 Å². The molecule has 0 rings (SSSR count). The fourth-order valence-electron chi connectivity index (χ4n) is 5.55. The second-order valence-corrected chi connectivity index (χ2v) is 16.8. The Morgan fingerprint density at radius 1 is 0.585 bits per heavy atom. The standard InChI is InChI=1S/C43H80NO8P/c1-6-8-10-12-14-16-18-20-22-24-26-28-30-32-34-36-43(46)52-41(40-51-53(47,48)50-38-37-44(3,4)5)39-49-42(45)35-33-31-29-27-25-23-21-19-17-15-13-11-9-7-2/h24,26,29-32,41H,6-23,25,27-28,33-40H2,1-5H3/b26-24-,31-29-,32-30-. The second kappa shape index (κ2) is 35.9. The molecule has 0 aromatic heterocycles. The van der Waals surface area contributed by atoms with Crippen LogP contribution in [0.3, 0.4) is 0 Å². The number of esters is 2. The van der Waals surface area contributed by atoms with E-state index in [1.54, 1.807) is 0 Å². The van der Waals surface area contributed by atoms with Crippen LogP contribution in [0.25, 0.3) is 0 Å². The van der Waals surface area contributed by atoms with Crippen molar-refractivity contribution in [2.45, 2.75) is 180 Å². The van der Waals surface area contributed by atoms with Gasteiger partial charge in [0.25, 0.3) is 7.82 Å². The molecule has 0 aliphatic heterocycles. The van der Waals surface area contributed by atoms with Crippen molar-refractivity contribution in [1.82, 2.24) is 0 Å². The molecule has 0 fully saturated rings. The minimum atomic E-state index is -4.64. The molecule has 9 nitrogen and oxygen atoms in total. The largest absolute Gasteiger partial charge is 0.756 e. The molecule has 2 unspecified atom stereocenters. The number of nitrogens with zero attached hydrogens (tertiary/aromatic N) is 1. The fraction of sp³-hybridized carbons (Fsp3) is 0.814. The average molecular weight is 770 g/mol. The van der Waals surface area contributed by atoms with Crippen LogP contribution >= 0.6 is 7.82 Å². The number of ether oxygens (including phenoxy) is 2. The van der Waals surface area contributed by atoms with Gasteiger partial charge in [-0.1, -0.05) is 153 Å². The van der Waals surface area contributed by atoms with Gasteiger partial charge in [-0.2, -0.15) is 0 Å². The molecule has 2 atom stereocenters. The summed E-state index contributed by atoms with van der Waals surface area (Å²) in [5, 5.41) is 0. The predicted octanol–water partition coefficient (Wildman–Crippen LogP) is 11.1. The van der Waals surface area contributed by atoms with E-state index < -0.39 is 32.5 Å². The van der Waals surface area contributed by atoms with Crippen LogP contribution in [0.4, 0.5) is 0 Å². The number of carbonyl (C=O) groups excluding carboxylic acids is 2. The van der Waals surface area contributed by atoms with Gasteiger partial charge in [0.1, 0.15) is 19.8 Å². The molecule has 0 bridgehead atoms. The molecule has 0 aliphatic carbocycles. The number of likely N-dealkylation sites (N-methyl/N-ethyl adjacent to an activating group) is 1. The fourth-order valence-corrected chi connectivity index (χ4v) is 6.28. The zero-order chi connectivity index (χ0) is 39.3. The number of quaternary nitrogens is 1. The molecule has 310 valence electrons. The summed E-state index contributed by atoms with van der Waals surface area (Å²) in [5.74, 6) is -0.969. The summed E-state index contributed by atoms with van der Waals surface area (Å²) in [5.41, 5.74) is 0. The summed E-state index contributed by atoms with van der Waals surface area (Å²) in [6.45, 7) is 4.11. The zero-order valence-electron chi connectivity index (χ0n) is 34.7. The molecule has 0 aliphatic rings. The van der Waals surface area contributed by atoms with E-state index >= 15 is 0 Å². The smallest absolute Gasteiger partial charge is 0.306 e. The van der Waals surface area contributed by atoms with Gasteiger partial charge < -0.3 is 27.9 Å². The van der Waals surface area contributed by atoms with Crippen molar-refractivity contribution in [3.8, 4) is 0 Å². The quantitative estimate of drug-likeness (QED) is 0.0201. The molecule has 0 radical (unpaired) electrons.